The highest BCUT2D eigenvalue weighted by atomic mass is 19.1. The van der Waals surface area contributed by atoms with Crippen molar-refractivity contribution in [3.63, 3.8) is 0 Å². The van der Waals surface area contributed by atoms with Gasteiger partial charge in [0.15, 0.2) is 0 Å². The Morgan fingerprint density at radius 3 is 2.91 bits per heavy atom. The Kier molecular flexibility index (Phi) is 5.49. The predicted molar refractivity (Wildman–Crippen MR) is 79.8 cm³/mol. The van der Waals surface area contributed by atoms with Crippen molar-refractivity contribution < 1.29 is 19.1 Å². The summed E-state index contributed by atoms with van der Waals surface area (Å²) in [5.74, 6) is -1.66. The van der Waals surface area contributed by atoms with Crippen molar-refractivity contribution in [2.45, 2.75) is 26.3 Å². The summed E-state index contributed by atoms with van der Waals surface area (Å²) >= 11 is 0. The molecule has 6 heteroatoms. The van der Waals surface area contributed by atoms with E-state index in [0.717, 1.165) is 13.0 Å². The molecule has 0 spiro atoms. The Hall–Kier alpha value is -1.95. The van der Waals surface area contributed by atoms with Crippen LogP contribution in [0.15, 0.2) is 18.2 Å². The largest absolute Gasteiger partial charge is 0.481 e. The van der Waals surface area contributed by atoms with Crippen LogP contribution in [0.25, 0.3) is 0 Å². The van der Waals surface area contributed by atoms with Crippen LogP contribution in [-0.2, 0) is 16.1 Å². The van der Waals surface area contributed by atoms with E-state index in [-0.39, 0.29) is 24.8 Å². The fourth-order valence-electron chi connectivity index (χ4n) is 2.61. The fraction of sp³-hybridized carbons (Fsp3) is 0.500. The molecule has 0 saturated carbocycles. The van der Waals surface area contributed by atoms with Gasteiger partial charge in [0, 0.05) is 13.1 Å². The minimum absolute atomic E-state index is 0.174. The van der Waals surface area contributed by atoms with E-state index in [2.05, 4.69) is 5.32 Å². The van der Waals surface area contributed by atoms with Crippen LogP contribution in [-0.4, -0.2) is 41.5 Å². The number of carboxylic acid groups (broad SMARTS) is 1. The maximum absolute atomic E-state index is 13.4. The van der Waals surface area contributed by atoms with E-state index in [0.29, 0.717) is 24.1 Å². The number of carboxylic acids is 1. The molecule has 1 aromatic rings. The number of hydrogen-bond acceptors (Lipinski definition) is 3. The van der Waals surface area contributed by atoms with E-state index in [1.807, 2.05) is 4.90 Å². The smallest absolute Gasteiger partial charge is 0.307 e. The van der Waals surface area contributed by atoms with Gasteiger partial charge in [-0.2, -0.15) is 0 Å². The van der Waals surface area contributed by atoms with Crippen LogP contribution < -0.4 is 5.32 Å². The van der Waals surface area contributed by atoms with Crippen molar-refractivity contribution in [2.24, 2.45) is 5.92 Å². The standard InChI is InChI=1S/C16H21FN2O3/c1-11-4-5-12(7-14(11)17)8-18-15(20)10-19-6-2-3-13(9-19)16(21)22/h4-5,7,13H,2-3,6,8-10H2,1H3,(H,18,20)(H,21,22). The topological polar surface area (TPSA) is 69.6 Å². The van der Waals surface area contributed by atoms with E-state index in [1.54, 1.807) is 19.1 Å². The zero-order chi connectivity index (χ0) is 16.1. The Bertz CT molecular complexity index is 562. The third kappa shape index (κ3) is 4.53. The Labute approximate surface area is 129 Å². The molecule has 2 rings (SSSR count). The maximum Gasteiger partial charge on any atom is 0.307 e. The molecule has 0 radical (unpaired) electrons. The summed E-state index contributed by atoms with van der Waals surface area (Å²) in [5.41, 5.74) is 1.28. The lowest BCUT2D eigenvalue weighted by molar-refractivity contribution is -0.144. The fourth-order valence-corrected chi connectivity index (χ4v) is 2.61. The van der Waals surface area contributed by atoms with Crippen LogP contribution in [0.2, 0.25) is 0 Å². The van der Waals surface area contributed by atoms with Gasteiger partial charge in [0.25, 0.3) is 0 Å². The Morgan fingerprint density at radius 1 is 1.45 bits per heavy atom. The SMILES string of the molecule is Cc1ccc(CNC(=O)CN2CCCC(C(=O)O)C2)cc1F. The zero-order valence-electron chi connectivity index (χ0n) is 12.6. The number of benzene rings is 1. The van der Waals surface area contributed by atoms with Crippen LogP contribution in [0.5, 0.6) is 0 Å². The molecule has 1 amide bonds. The molecule has 2 N–H and O–H groups in total. The maximum atomic E-state index is 13.4. The summed E-state index contributed by atoms with van der Waals surface area (Å²) in [4.78, 5) is 24.8. The lowest BCUT2D eigenvalue weighted by Crippen LogP contribution is -2.44. The van der Waals surface area contributed by atoms with Gasteiger partial charge in [-0.15, -0.1) is 0 Å². The third-order valence-corrected chi connectivity index (χ3v) is 3.95. The number of nitrogens with one attached hydrogen (secondary N) is 1. The molecule has 1 saturated heterocycles. The van der Waals surface area contributed by atoms with Gasteiger partial charge in [0.05, 0.1) is 12.5 Å². The van der Waals surface area contributed by atoms with Crippen LogP contribution in [0.3, 0.4) is 0 Å². The molecule has 22 heavy (non-hydrogen) atoms. The van der Waals surface area contributed by atoms with Gasteiger partial charge in [-0.25, -0.2) is 4.39 Å². The number of nitrogens with zero attached hydrogens (tertiary/aromatic N) is 1. The number of amides is 1. The number of piperidine rings is 1. The molecule has 0 aliphatic carbocycles. The minimum Gasteiger partial charge on any atom is -0.481 e. The molecule has 1 fully saturated rings. The molecular formula is C16H21FN2O3. The van der Waals surface area contributed by atoms with Crippen molar-refractivity contribution in [3.05, 3.63) is 35.1 Å². The Morgan fingerprint density at radius 2 is 2.23 bits per heavy atom. The average molecular weight is 308 g/mol. The second-order valence-electron chi connectivity index (χ2n) is 5.77. The summed E-state index contributed by atoms with van der Waals surface area (Å²) in [6.45, 7) is 3.27. The molecule has 1 heterocycles. The first kappa shape index (κ1) is 16.4. The highest BCUT2D eigenvalue weighted by Crippen LogP contribution is 2.16. The van der Waals surface area contributed by atoms with Crippen molar-refractivity contribution in [3.8, 4) is 0 Å². The normalized spacial score (nSPS) is 18.9. The van der Waals surface area contributed by atoms with Gasteiger partial charge >= 0.3 is 5.97 Å². The molecule has 1 aliphatic heterocycles. The number of likely N-dealkylation sites (tertiary alicyclic amines) is 1. The van der Waals surface area contributed by atoms with Crippen molar-refractivity contribution >= 4 is 11.9 Å². The van der Waals surface area contributed by atoms with Gasteiger partial charge < -0.3 is 10.4 Å². The highest BCUT2D eigenvalue weighted by Gasteiger charge is 2.26. The Balaban J connectivity index is 1.80. The second-order valence-corrected chi connectivity index (χ2v) is 5.77. The summed E-state index contributed by atoms with van der Waals surface area (Å²) in [5, 5.41) is 11.8. The van der Waals surface area contributed by atoms with Crippen LogP contribution in [0, 0.1) is 18.7 Å². The van der Waals surface area contributed by atoms with E-state index in [9.17, 15) is 14.0 Å². The number of hydrogen-bond donors (Lipinski definition) is 2. The van der Waals surface area contributed by atoms with Crippen LogP contribution >= 0.6 is 0 Å². The van der Waals surface area contributed by atoms with Crippen LogP contribution in [0.4, 0.5) is 4.39 Å². The number of carbonyl (C=O) groups is 2. The predicted octanol–water partition coefficient (Wildman–Crippen LogP) is 1.55. The van der Waals surface area contributed by atoms with Crippen molar-refractivity contribution in [2.75, 3.05) is 19.6 Å². The van der Waals surface area contributed by atoms with Crippen molar-refractivity contribution in [1.82, 2.24) is 10.2 Å². The molecule has 5 nitrogen and oxygen atoms in total. The van der Waals surface area contributed by atoms with Gasteiger partial charge in [0.2, 0.25) is 5.91 Å². The number of carbonyl (C=O) groups excluding carboxylic acids is 1. The van der Waals surface area contributed by atoms with Gasteiger partial charge in [-0.05, 0) is 43.5 Å². The monoisotopic (exact) mass is 308 g/mol. The first-order chi connectivity index (χ1) is 10.5. The van der Waals surface area contributed by atoms with E-state index in [4.69, 9.17) is 5.11 Å². The van der Waals surface area contributed by atoms with Crippen molar-refractivity contribution in [1.29, 1.82) is 0 Å². The molecule has 1 aliphatic rings. The third-order valence-electron chi connectivity index (χ3n) is 3.95. The molecule has 0 aromatic heterocycles. The first-order valence-electron chi connectivity index (χ1n) is 7.42. The quantitative estimate of drug-likeness (QED) is 0.866. The number of aliphatic carboxylic acids is 1. The van der Waals surface area contributed by atoms with Crippen LogP contribution in [0.1, 0.15) is 24.0 Å². The molecule has 1 unspecified atom stereocenters. The molecule has 1 atom stereocenters. The van der Waals surface area contributed by atoms with Gasteiger partial charge in [-0.3, -0.25) is 14.5 Å². The summed E-state index contributed by atoms with van der Waals surface area (Å²) in [6, 6.07) is 4.87. The highest BCUT2D eigenvalue weighted by molar-refractivity contribution is 5.78. The second kappa shape index (κ2) is 7.35. The number of rotatable bonds is 5. The van der Waals surface area contributed by atoms with E-state index < -0.39 is 11.9 Å². The summed E-state index contributed by atoms with van der Waals surface area (Å²) in [7, 11) is 0. The lowest BCUT2D eigenvalue weighted by Gasteiger charge is -2.29. The van der Waals surface area contributed by atoms with E-state index in [1.165, 1.54) is 6.07 Å². The first-order valence-corrected chi connectivity index (χ1v) is 7.42. The lowest BCUT2D eigenvalue weighted by atomic mass is 9.98. The van der Waals surface area contributed by atoms with E-state index >= 15 is 0 Å². The number of aryl methyl sites for hydroxylation is 1. The molecule has 0 bridgehead atoms. The summed E-state index contributed by atoms with van der Waals surface area (Å²) < 4.78 is 13.4. The zero-order valence-corrected chi connectivity index (χ0v) is 12.6. The van der Waals surface area contributed by atoms with Gasteiger partial charge in [0.1, 0.15) is 5.82 Å². The van der Waals surface area contributed by atoms with Gasteiger partial charge in [-0.1, -0.05) is 12.1 Å². The average Bonchev–Trinajstić information content (AvgIpc) is 2.49. The number of halogens is 1. The molecular weight excluding hydrogens is 287 g/mol. The minimum atomic E-state index is -0.805. The summed E-state index contributed by atoms with van der Waals surface area (Å²) in [6.07, 6.45) is 1.45. The molecule has 1 aromatic carbocycles. The molecule has 120 valence electrons.